The molecule has 0 fully saturated rings. The maximum absolute atomic E-state index is 12.8. The molecule has 0 spiro atoms. The molecule has 2 aromatic carbocycles. The van der Waals surface area contributed by atoms with Gasteiger partial charge in [0.15, 0.2) is 0 Å². The van der Waals surface area contributed by atoms with Gasteiger partial charge in [0, 0.05) is 10.0 Å². The standard InChI is InChI=1S/C14H10BrF3N2/c15-11-6-7-13(14(16,17)18)10(8-11)9-19-20-12-4-2-1-3-5-12/h1-9,20H. The number of nitrogens with zero attached hydrogens (tertiary/aromatic N) is 1. The Balaban J connectivity index is 2.22. The molecule has 0 aliphatic rings. The summed E-state index contributed by atoms with van der Waals surface area (Å²) in [5, 5.41) is 3.83. The van der Waals surface area contributed by atoms with Gasteiger partial charge >= 0.3 is 6.18 Å². The van der Waals surface area contributed by atoms with Crippen molar-refractivity contribution in [2.75, 3.05) is 5.43 Å². The number of para-hydroxylation sites is 1. The summed E-state index contributed by atoms with van der Waals surface area (Å²) in [5.41, 5.74) is 2.65. The normalized spacial score (nSPS) is 11.8. The molecule has 0 amide bonds. The van der Waals surface area contributed by atoms with Crippen LogP contribution >= 0.6 is 15.9 Å². The smallest absolute Gasteiger partial charge is 0.279 e. The lowest BCUT2D eigenvalue weighted by Gasteiger charge is -2.10. The van der Waals surface area contributed by atoms with Crippen molar-refractivity contribution in [1.29, 1.82) is 0 Å². The number of hydrogen-bond donors (Lipinski definition) is 1. The Morgan fingerprint density at radius 1 is 1.05 bits per heavy atom. The van der Waals surface area contributed by atoms with E-state index < -0.39 is 11.7 Å². The first-order chi connectivity index (χ1) is 9.47. The Hall–Kier alpha value is -1.82. The quantitative estimate of drug-likeness (QED) is 0.621. The van der Waals surface area contributed by atoms with E-state index in [9.17, 15) is 13.2 Å². The van der Waals surface area contributed by atoms with E-state index in [0.717, 1.165) is 12.3 Å². The van der Waals surface area contributed by atoms with Crippen molar-refractivity contribution in [2.45, 2.75) is 6.18 Å². The second-order valence-electron chi connectivity index (χ2n) is 3.97. The Morgan fingerprint density at radius 3 is 2.40 bits per heavy atom. The summed E-state index contributed by atoms with van der Waals surface area (Å²) in [7, 11) is 0. The van der Waals surface area contributed by atoms with Crippen LogP contribution in [-0.2, 0) is 6.18 Å². The van der Waals surface area contributed by atoms with E-state index in [1.807, 2.05) is 6.07 Å². The van der Waals surface area contributed by atoms with Crippen LogP contribution in [0.4, 0.5) is 18.9 Å². The molecule has 0 saturated carbocycles. The summed E-state index contributed by atoms with van der Waals surface area (Å²) >= 11 is 3.15. The molecule has 2 nitrogen and oxygen atoms in total. The van der Waals surface area contributed by atoms with E-state index in [1.54, 1.807) is 24.3 Å². The highest BCUT2D eigenvalue weighted by Gasteiger charge is 2.32. The minimum absolute atomic E-state index is 0.00435. The Bertz CT molecular complexity index is 610. The highest BCUT2D eigenvalue weighted by Crippen LogP contribution is 2.32. The fourth-order valence-electron chi connectivity index (χ4n) is 1.59. The van der Waals surface area contributed by atoms with Gasteiger partial charge < -0.3 is 0 Å². The number of alkyl halides is 3. The van der Waals surface area contributed by atoms with Crippen molar-refractivity contribution in [1.82, 2.24) is 0 Å². The van der Waals surface area contributed by atoms with Gasteiger partial charge in [-0.05, 0) is 30.3 Å². The zero-order valence-corrected chi connectivity index (χ0v) is 11.7. The highest BCUT2D eigenvalue weighted by atomic mass is 79.9. The van der Waals surface area contributed by atoms with Gasteiger partial charge in [-0.3, -0.25) is 5.43 Å². The topological polar surface area (TPSA) is 24.4 Å². The molecular weight excluding hydrogens is 333 g/mol. The van der Waals surface area contributed by atoms with Crippen LogP contribution < -0.4 is 5.43 Å². The van der Waals surface area contributed by atoms with E-state index in [4.69, 9.17) is 0 Å². The molecule has 2 rings (SSSR count). The van der Waals surface area contributed by atoms with Crippen LogP contribution in [0.2, 0.25) is 0 Å². The van der Waals surface area contributed by atoms with E-state index in [-0.39, 0.29) is 5.56 Å². The van der Waals surface area contributed by atoms with Gasteiger partial charge in [0.2, 0.25) is 0 Å². The van der Waals surface area contributed by atoms with Gasteiger partial charge in [0.05, 0.1) is 17.5 Å². The van der Waals surface area contributed by atoms with E-state index in [1.165, 1.54) is 12.1 Å². The third-order valence-corrected chi connectivity index (χ3v) is 2.98. The molecule has 0 heterocycles. The number of rotatable bonds is 3. The lowest BCUT2D eigenvalue weighted by atomic mass is 10.1. The lowest BCUT2D eigenvalue weighted by molar-refractivity contribution is -0.137. The number of hydrogen-bond acceptors (Lipinski definition) is 2. The Kier molecular flexibility index (Phi) is 4.44. The van der Waals surface area contributed by atoms with E-state index >= 15 is 0 Å². The Labute approximate surface area is 122 Å². The van der Waals surface area contributed by atoms with E-state index in [0.29, 0.717) is 10.2 Å². The van der Waals surface area contributed by atoms with Crippen molar-refractivity contribution in [2.24, 2.45) is 5.10 Å². The Morgan fingerprint density at radius 2 is 1.75 bits per heavy atom. The molecule has 6 heteroatoms. The predicted octanol–water partition coefficient (Wildman–Crippen LogP) is 4.91. The first kappa shape index (κ1) is 14.6. The van der Waals surface area contributed by atoms with Gasteiger partial charge in [-0.1, -0.05) is 34.1 Å². The summed E-state index contributed by atoms with van der Waals surface area (Å²) < 4.78 is 39.1. The molecule has 104 valence electrons. The number of halogens is 4. The van der Waals surface area contributed by atoms with Crippen molar-refractivity contribution < 1.29 is 13.2 Å². The zero-order chi connectivity index (χ0) is 14.6. The summed E-state index contributed by atoms with van der Waals surface area (Å²) in [6.45, 7) is 0. The fourth-order valence-corrected chi connectivity index (χ4v) is 1.97. The zero-order valence-electron chi connectivity index (χ0n) is 10.2. The van der Waals surface area contributed by atoms with E-state index in [2.05, 4.69) is 26.5 Å². The van der Waals surface area contributed by atoms with Crippen LogP contribution in [0.25, 0.3) is 0 Å². The van der Waals surface area contributed by atoms with Gasteiger partial charge in [0.25, 0.3) is 0 Å². The van der Waals surface area contributed by atoms with Crippen LogP contribution in [-0.4, -0.2) is 6.21 Å². The van der Waals surface area contributed by atoms with Crippen LogP contribution in [0.1, 0.15) is 11.1 Å². The number of benzene rings is 2. The molecule has 1 N–H and O–H groups in total. The monoisotopic (exact) mass is 342 g/mol. The maximum atomic E-state index is 12.8. The second-order valence-corrected chi connectivity index (χ2v) is 4.88. The minimum atomic E-state index is -4.41. The maximum Gasteiger partial charge on any atom is 0.417 e. The molecule has 0 saturated heterocycles. The molecule has 0 aromatic heterocycles. The molecule has 2 aromatic rings. The van der Waals surface area contributed by atoms with Crippen molar-refractivity contribution >= 4 is 27.8 Å². The van der Waals surface area contributed by atoms with Crippen molar-refractivity contribution in [3.63, 3.8) is 0 Å². The molecule has 0 bridgehead atoms. The predicted molar refractivity (Wildman–Crippen MR) is 76.8 cm³/mol. The summed E-state index contributed by atoms with van der Waals surface area (Å²) in [4.78, 5) is 0. The highest BCUT2D eigenvalue weighted by molar-refractivity contribution is 9.10. The van der Waals surface area contributed by atoms with Crippen molar-refractivity contribution in [3.05, 3.63) is 64.1 Å². The molecule has 20 heavy (non-hydrogen) atoms. The number of hydrazone groups is 1. The van der Waals surface area contributed by atoms with Crippen LogP contribution in [0.15, 0.2) is 58.1 Å². The third-order valence-electron chi connectivity index (χ3n) is 2.49. The molecule has 0 atom stereocenters. The van der Waals surface area contributed by atoms with Gasteiger partial charge in [-0.15, -0.1) is 0 Å². The van der Waals surface area contributed by atoms with Crippen LogP contribution in [0.3, 0.4) is 0 Å². The largest absolute Gasteiger partial charge is 0.417 e. The minimum Gasteiger partial charge on any atom is -0.279 e. The third kappa shape index (κ3) is 3.84. The molecular formula is C14H10BrF3N2. The molecule has 0 radical (unpaired) electrons. The summed E-state index contributed by atoms with van der Waals surface area (Å²) in [6.07, 6.45) is -3.25. The summed E-state index contributed by atoms with van der Waals surface area (Å²) in [5.74, 6) is 0. The SMILES string of the molecule is FC(F)(F)c1ccc(Br)cc1C=NNc1ccccc1. The lowest BCUT2D eigenvalue weighted by Crippen LogP contribution is -2.09. The van der Waals surface area contributed by atoms with Gasteiger partial charge in [-0.2, -0.15) is 18.3 Å². The van der Waals surface area contributed by atoms with Crippen LogP contribution in [0, 0.1) is 0 Å². The average Bonchev–Trinajstić information content (AvgIpc) is 2.38. The van der Waals surface area contributed by atoms with Crippen molar-refractivity contribution in [3.8, 4) is 0 Å². The summed E-state index contributed by atoms with van der Waals surface area (Å²) in [6, 6.07) is 12.7. The number of nitrogens with one attached hydrogen (secondary N) is 1. The van der Waals surface area contributed by atoms with Crippen LogP contribution in [0.5, 0.6) is 0 Å². The van der Waals surface area contributed by atoms with Gasteiger partial charge in [-0.25, -0.2) is 0 Å². The molecule has 0 aliphatic carbocycles. The fraction of sp³-hybridized carbons (Fsp3) is 0.0714. The average molecular weight is 343 g/mol. The first-order valence-corrected chi connectivity index (χ1v) is 6.47. The molecule has 0 unspecified atom stereocenters. The van der Waals surface area contributed by atoms with Gasteiger partial charge in [0.1, 0.15) is 0 Å². The second kappa shape index (κ2) is 6.09. The number of anilines is 1. The first-order valence-electron chi connectivity index (χ1n) is 5.68. The molecule has 0 aliphatic heterocycles.